The van der Waals surface area contributed by atoms with Crippen LogP contribution in [0.4, 0.5) is 0 Å². The van der Waals surface area contributed by atoms with E-state index in [2.05, 4.69) is 20.4 Å². The average Bonchev–Trinajstić information content (AvgIpc) is 3.61. The zero-order valence-corrected chi connectivity index (χ0v) is 20.1. The summed E-state index contributed by atoms with van der Waals surface area (Å²) in [4.78, 5) is 30.0. The smallest absolute Gasteiger partial charge is 0.261 e. The number of aryl methyl sites for hydroxylation is 1. The summed E-state index contributed by atoms with van der Waals surface area (Å²) in [6.45, 7) is 1.73. The molecule has 0 saturated carbocycles. The first-order valence-electron chi connectivity index (χ1n) is 11.9. The van der Waals surface area contributed by atoms with Gasteiger partial charge in [0.1, 0.15) is 33.5 Å². The molecule has 38 heavy (non-hydrogen) atoms. The van der Waals surface area contributed by atoms with Gasteiger partial charge < -0.3 is 5.11 Å². The molecule has 1 N–H and O–H groups in total. The van der Waals surface area contributed by atoms with Gasteiger partial charge in [-0.15, -0.1) is 30.0 Å². The lowest BCUT2D eigenvalue weighted by molar-refractivity contribution is 0.0641. The summed E-state index contributed by atoms with van der Waals surface area (Å²) >= 11 is 0. The molecule has 4 aromatic carbocycles. The third-order valence-electron chi connectivity index (χ3n) is 6.70. The van der Waals surface area contributed by atoms with Crippen molar-refractivity contribution in [1.82, 2.24) is 34.9 Å². The molecule has 2 aromatic heterocycles. The minimum absolute atomic E-state index is 0.123. The predicted octanol–water partition coefficient (Wildman–Crippen LogP) is 3.96. The van der Waals surface area contributed by atoms with E-state index in [4.69, 9.17) is 0 Å². The Morgan fingerprint density at radius 2 is 1.08 bits per heavy atom. The topological polar surface area (TPSA) is 119 Å². The van der Waals surface area contributed by atoms with Gasteiger partial charge in [-0.05, 0) is 55.0 Å². The second kappa shape index (κ2) is 8.07. The number of nitrogens with zero attached hydrogens (tertiary/aromatic N) is 7. The van der Waals surface area contributed by atoms with E-state index in [0.29, 0.717) is 50.0 Å². The van der Waals surface area contributed by atoms with Gasteiger partial charge in [0.15, 0.2) is 5.69 Å². The molecule has 6 aromatic rings. The molecule has 0 radical (unpaired) electrons. The number of phenols is 1. The van der Waals surface area contributed by atoms with Crippen molar-refractivity contribution in [3.63, 3.8) is 0 Å². The van der Waals surface area contributed by atoms with Crippen LogP contribution in [0.25, 0.3) is 33.4 Å². The SMILES string of the molecule is Cc1cc(CN2C(=O)c3ccccc3C2=O)c(O)c(-n2nc3ccccc3n2)c1-n1nc2ccccc2n1. The molecule has 0 aliphatic carbocycles. The second-order valence-corrected chi connectivity index (χ2v) is 9.10. The first-order valence-corrected chi connectivity index (χ1v) is 11.9. The van der Waals surface area contributed by atoms with Crippen LogP contribution < -0.4 is 0 Å². The molecule has 0 saturated heterocycles. The number of hydrogen-bond acceptors (Lipinski definition) is 7. The van der Waals surface area contributed by atoms with Crippen molar-refractivity contribution < 1.29 is 14.7 Å². The lowest BCUT2D eigenvalue weighted by atomic mass is 10.1. The molecule has 3 heterocycles. The Bertz CT molecular complexity index is 1840. The molecule has 2 amide bonds. The van der Waals surface area contributed by atoms with Gasteiger partial charge in [0.05, 0.1) is 17.7 Å². The zero-order chi connectivity index (χ0) is 26.0. The van der Waals surface area contributed by atoms with Gasteiger partial charge in [0.25, 0.3) is 11.8 Å². The van der Waals surface area contributed by atoms with E-state index in [1.54, 1.807) is 30.3 Å². The van der Waals surface area contributed by atoms with Crippen LogP contribution in [0.5, 0.6) is 5.75 Å². The summed E-state index contributed by atoms with van der Waals surface area (Å²) in [7, 11) is 0. The van der Waals surface area contributed by atoms with Gasteiger partial charge in [0, 0.05) is 5.56 Å². The fraction of sp³-hybridized carbons (Fsp3) is 0.0714. The minimum atomic E-state index is -0.406. The van der Waals surface area contributed by atoms with Crippen molar-refractivity contribution in [1.29, 1.82) is 0 Å². The summed E-state index contributed by atoms with van der Waals surface area (Å²) < 4.78 is 0. The van der Waals surface area contributed by atoms with Crippen LogP contribution >= 0.6 is 0 Å². The van der Waals surface area contributed by atoms with E-state index in [0.717, 1.165) is 4.90 Å². The van der Waals surface area contributed by atoms with Gasteiger partial charge in [-0.1, -0.05) is 36.4 Å². The van der Waals surface area contributed by atoms with E-state index in [-0.39, 0.29) is 18.0 Å². The third-order valence-corrected chi connectivity index (χ3v) is 6.70. The van der Waals surface area contributed by atoms with Crippen LogP contribution in [0.3, 0.4) is 0 Å². The highest BCUT2D eigenvalue weighted by Crippen LogP contribution is 2.36. The number of fused-ring (bicyclic) bond motifs is 3. The molecular formula is C28H19N7O3. The highest BCUT2D eigenvalue weighted by atomic mass is 16.3. The van der Waals surface area contributed by atoms with Gasteiger partial charge >= 0.3 is 0 Å². The number of aromatic hydroxyl groups is 1. The molecule has 10 nitrogen and oxygen atoms in total. The third kappa shape index (κ3) is 3.20. The van der Waals surface area contributed by atoms with E-state index in [1.807, 2.05) is 55.5 Å². The Labute approximate surface area is 215 Å². The molecule has 184 valence electrons. The first kappa shape index (κ1) is 21.9. The average molecular weight is 502 g/mol. The summed E-state index contributed by atoms with van der Waals surface area (Å²) in [5.41, 5.74) is 5.13. The number of amides is 2. The molecule has 10 heteroatoms. The fourth-order valence-electron chi connectivity index (χ4n) is 4.88. The highest BCUT2D eigenvalue weighted by Gasteiger charge is 2.36. The molecule has 1 aliphatic rings. The number of phenolic OH excluding ortho intramolecular Hbond substituents is 1. The van der Waals surface area contributed by atoms with Gasteiger partial charge in [-0.2, -0.15) is 0 Å². The van der Waals surface area contributed by atoms with E-state index in [9.17, 15) is 14.7 Å². The summed E-state index contributed by atoms with van der Waals surface area (Å²) in [5.74, 6) is -0.990. The lowest BCUT2D eigenvalue weighted by Gasteiger charge is -2.19. The van der Waals surface area contributed by atoms with Crippen LogP contribution in [0.1, 0.15) is 31.8 Å². The van der Waals surface area contributed by atoms with Crippen LogP contribution in [0.2, 0.25) is 0 Å². The van der Waals surface area contributed by atoms with Crippen LogP contribution in [0, 0.1) is 6.92 Å². The Balaban J connectivity index is 1.42. The Morgan fingerprint density at radius 1 is 0.658 bits per heavy atom. The molecule has 1 aliphatic heterocycles. The van der Waals surface area contributed by atoms with Crippen molar-refractivity contribution in [2.24, 2.45) is 0 Å². The molecule has 0 bridgehead atoms. The lowest BCUT2D eigenvalue weighted by Crippen LogP contribution is -2.29. The number of hydrogen-bond donors (Lipinski definition) is 1. The summed E-state index contributed by atoms with van der Waals surface area (Å²) in [6.07, 6.45) is 0. The maximum atomic E-state index is 13.0. The van der Waals surface area contributed by atoms with Gasteiger partial charge in [0.2, 0.25) is 0 Å². The van der Waals surface area contributed by atoms with E-state index < -0.39 is 11.8 Å². The number of aromatic nitrogens is 6. The fourth-order valence-corrected chi connectivity index (χ4v) is 4.88. The second-order valence-electron chi connectivity index (χ2n) is 9.10. The zero-order valence-electron chi connectivity index (χ0n) is 20.1. The molecule has 0 unspecified atom stereocenters. The minimum Gasteiger partial charge on any atom is -0.505 e. The number of carbonyl (C=O) groups is 2. The Kier molecular flexibility index (Phi) is 4.64. The number of imide groups is 1. The number of benzene rings is 4. The first-order chi connectivity index (χ1) is 18.5. The molecule has 0 spiro atoms. The Morgan fingerprint density at radius 3 is 1.55 bits per heavy atom. The van der Waals surface area contributed by atoms with Crippen molar-refractivity contribution >= 4 is 33.9 Å². The van der Waals surface area contributed by atoms with E-state index >= 15 is 0 Å². The number of rotatable bonds is 4. The molecule has 7 rings (SSSR count). The van der Waals surface area contributed by atoms with Crippen molar-refractivity contribution in [2.75, 3.05) is 0 Å². The maximum Gasteiger partial charge on any atom is 0.261 e. The van der Waals surface area contributed by atoms with E-state index in [1.165, 1.54) is 9.59 Å². The van der Waals surface area contributed by atoms with Crippen molar-refractivity contribution in [3.05, 3.63) is 101 Å². The highest BCUT2D eigenvalue weighted by molar-refractivity contribution is 6.21. The maximum absolute atomic E-state index is 13.0. The summed E-state index contributed by atoms with van der Waals surface area (Å²) in [6, 6.07) is 23.2. The Hall–Kier alpha value is -5.38. The van der Waals surface area contributed by atoms with Gasteiger partial charge in [-0.25, -0.2) is 0 Å². The molecule has 0 atom stereocenters. The monoisotopic (exact) mass is 501 g/mol. The summed E-state index contributed by atoms with van der Waals surface area (Å²) in [5, 5.41) is 30.1. The van der Waals surface area contributed by atoms with Gasteiger partial charge in [-0.3, -0.25) is 14.5 Å². The van der Waals surface area contributed by atoms with Crippen LogP contribution in [-0.4, -0.2) is 51.8 Å². The normalized spacial score (nSPS) is 13.1. The number of carbonyl (C=O) groups excluding carboxylic acids is 2. The van der Waals surface area contributed by atoms with Crippen molar-refractivity contribution in [3.8, 4) is 17.1 Å². The largest absolute Gasteiger partial charge is 0.505 e. The molecule has 0 fully saturated rings. The van der Waals surface area contributed by atoms with Crippen molar-refractivity contribution in [2.45, 2.75) is 13.5 Å². The quantitative estimate of drug-likeness (QED) is 0.363. The van der Waals surface area contributed by atoms with Crippen LogP contribution in [-0.2, 0) is 6.54 Å². The van der Waals surface area contributed by atoms with Crippen LogP contribution in [0.15, 0.2) is 78.9 Å². The predicted molar refractivity (Wildman–Crippen MR) is 138 cm³/mol. The molecular weight excluding hydrogens is 482 g/mol. The standard InChI is InChI=1S/C28H19N7O3/c1-16-14-17(15-33-27(37)18-8-2-3-9-19(18)28(33)38)26(36)25(35-31-22-12-6-7-13-23(22)32-35)24(16)34-29-20-10-4-5-11-21(20)30-34/h2-14,36H,15H2,1H3.